The summed E-state index contributed by atoms with van der Waals surface area (Å²) in [5.41, 5.74) is 1.70. The normalized spacial score (nSPS) is 12.2. The summed E-state index contributed by atoms with van der Waals surface area (Å²) in [5, 5.41) is 7.36. The lowest BCUT2D eigenvalue weighted by Crippen LogP contribution is -2.25. The summed E-state index contributed by atoms with van der Waals surface area (Å²) < 4.78 is 19.0. The van der Waals surface area contributed by atoms with Crippen LogP contribution in [0.15, 0.2) is 53.3 Å². The maximum atomic E-state index is 13.6. The molecule has 0 aliphatic carbocycles. The second-order valence-electron chi connectivity index (χ2n) is 7.69. The van der Waals surface area contributed by atoms with Crippen LogP contribution in [0.4, 0.5) is 0 Å². The van der Waals surface area contributed by atoms with Gasteiger partial charge in [0.15, 0.2) is 0 Å². The highest BCUT2D eigenvalue weighted by Gasteiger charge is 2.25. The standard InChI is InChI=1S/C24H25N3O5S/c1-5-31-24(29)18-13-20(26-25-18)32-23(15-9-7-6-8-10-15)27-22(28)21-17(14(2)3)11-16(30-4)12-19(21)33-27/h6-14,23H,5H2,1-4H3,(H,25,26). The van der Waals surface area contributed by atoms with Crippen molar-refractivity contribution in [2.45, 2.75) is 32.9 Å². The summed E-state index contributed by atoms with van der Waals surface area (Å²) >= 11 is 1.30. The van der Waals surface area contributed by atoms with Gasteiger partial charge in [-0.15, -0.1) is 5.10 Å². The smallest absolute Gasteiger partial charge is 0.356 e. The van der Waals surface area contributed by atoms with E-state index >= 15 is 0 Å². The van der Waals surface area contributed by atoms with E-state index in [9.17, 15) is 9.59 Å². The second kappa shape index (κ2) is 9.50. The van der Waals surface area contributed by atoms with Crippen LogP contribution in [0.25, 0.3) is 10.1 Å². The van der Waals surface area contributed by atoms with Crippen molar-refractivity contribution in [2.24, 2.45) is 0 Å². The van der Waals surface area contributed by atoms with Gasteiger partial charge >= 0.3 is 5.97 Å². The predicted octanol–water partition coefficient (Wildman–Crippen LogP) is 4.72. The van der Waals surface area contributed by atoms with Gasteiger partial charge < -0.3 is 14.2 Å². The maximum Gasteiger partial charge on any atom is 0.356 e. The summed E-state index contributed by atoms with van der Waals surface area (Å²) in [7, 11) is 1.61. The molecule has 0 saturated carbocycles. The first-order chi connectivity index (χ1) is 15.9. The fourth-order valence-corrected chi connectivity index (χ4v) is 4.67. The Morgan fingerprint density at radius 2 is 1.94 bits per heavy atom. The maximum absolute atomic E-state index is 13.6. The number of benzene rings is 2. The number of aromatic nitrogens is 3. The van der Waals surface area contributed by atoms with Crippen LogP contribution < -0.4 is 15.0 Å². The number of rotatable bonds is 8. The number of aromatic amines is 1. The minimum Gasteiger partial charge on any atom is -0.497 e. The summed E-state index contributed by atoms with van der Waals surface area (Å²) in [6, 6.07) is 14.6. The van der Waals surface area contributed by atoms with Gasteiger partial charge in [0.25, 0.3) is 5.56 Å². The highest BCUT2D eigenvalue weighted by atomic mass is 32.1. The molecule has 4 rings (SSSR count). The molecule has 0 spiro atoms. The molecule has 9 heteroatoms. The topological polar surface area (TPSA) is 95.4 Å². The van der Waals surface area contributed by atoms with Crippen molar-refractivity contribution < 1.29 is 19.0 Å². The molecule has 1 atom stereocenters. The zero-order valence-corrected chi connectivity index (χ0v) is 19.6. The molecule has 0 amide bonds. The van der Waals surface area contributed by atoms with E-state index in [-0.39, 0.29) is 29.7 Å². The van der Waals surface area contributed by atoms with Gasteiger partial charge in [-0.2, -0.15) is 0 Å². The molecule has 1 unspecified atom stereocenters. The molecule has 2 heterocycles. The molecular weight excluding hydrogens is 442 g/mol. The molecule has 0 saturated heterocycles. The Hall–Kier alpha value is -3.59. The van der Waals surface area contributed by atoms with Crippen LogP contribution in [0.5, 0.6) is 11.6 Å². The Morgan fingerprint density at radius 3 is 2.61 bits per heavy atom. The average molecular weight is 468 g/mol. The first-order valence-electron chi connectivity index (χ1n) is 10.6. The molecule has 0 bridgehead atoms. The largest absolute Gasteiger partial charge is 0.497 e. The number of fused-ring (bicyclic) bond motifs is 1. The number of methoxy groups -OCH3 is 1. The molecule has 2 aromatic heterocycles. The second-order valence-corrected chi connectivity index (χ2v) is 8.70. The van der Waals surface area contributed by atoms with Crippen molar-refractivity contribution in [3.05, 3.63) is 75.7 Å². The zero-order valence-electron chi connectivity index (χ0n) is 18.8. The van der Waals surface area contributed by atoms with Crippen LogP contribution in [0.2, 0.25) is 0 Å². The van der Waals surface area contributed by atoms with Gasteiger partial charge in [-0.3, -0.25) is 9.89 Å². The Labute approximate surface area is 194 Å². The number of carbonyl (C=O) groups is 1. The number of ether oxygens (including phenoxy) is 3. The number of H-pyrrole nitrogens is 1. The van der Waals surface area contributed by atoms with E-state index in [1.165, 1.54) is 17.6 Å². The molecule has 8 nitrogen and oxygen atoms in total. The van der Waals surface area contributed by atoms with Crippen LogP contribution >= 0.6 is 11.5 Å². The van der Waals surface area contributed by atoms with Gasteiger partial charge in [0.2, 0.25) is 12.1 Å². The zero-order chi connectivity index (χ0) is 23.5. The van der Waals surface area contributed by atoms with Gasteiger partial charge in [0.05, 0.1) is 23.8 Å². The van der Waals surface area contributed by atoms with E-state index in [0.29, 0.717) is 11.1 Å². The number of hydrogen-bond donors (Lipinski definition) is 1. The van der Waals surface area contributed by atoms with Gasteiger partial charge in [0.1, 0.15) is 11.4 Å². The van der Waals surface area contributed by atoms with Crippen molar-refractivity contribution in [2.75, 3.05) is 13.7 Å². The van der Waals surface area contributed by atoms with Crippen molar-refractivity contribution >= 4 is 27.6 Å². The highest BCUT2D eigenvalue weighted by Crippen LogP contribution is 2.33. The number of esters is 1. The fraction of sp³-hybridized carbons (Fsp3) is 0.292. The third kappa shape index (κ3) is 4.49. The summed E-state index contributed by atoms with van der Waals surface area (Å²) in [5.74, 6) is 0.484. The molecule has 0 radical (unpaired) electrons. The number of nitrogens with one attached hydrogen (secondary N) is 1. The monoisotopic (exact) mass is 467 g/mol. The molecule has 0 aliphatic rings. The lowest BCUT2D eigenvalue weighted by molar-refractivity contribution is 0.0519. The molecular formula is C24H25N3O5S. The van der Waals surface area contributed by atoms with E-state index in [1.54, 1.807) is 18.0 Å². The van der Waals surface area contributed by atoms with E-state index in [4.69, 9.17) is 14.2 Å². The number of carbonyl (C=O) groups excluding carboxylic acids is 1. The van der Waals surface area contributed by atoms with E-state index in [0.717, 1.165) is 15.8 Å². The van der Waals surface area contributed by atoms with Crippen LogP contribution in [-0.4, -0.2) is 33.8 Å². The third-order valence-corrected chi connectivity index (χ3v) is 6.23. The molecule has 33 heavy (non-hydrogen) atoms. The Kier molecular flexibility index (Phi) is 6.50. The first kappa shape index (κ1) is 22.6. The van der Waals surface area contributed by atoms with Gasteiger partial charge in [0, 0.05) is 11.6 Å². The van der Waals surface area contributed by atoms with Crippen LogP contribution in [0.1, 0.15) is 54.5 Å². The highest BCUT2D eigenvalue weighted by molar-refractivity contribution is 7.14. The first-order valence-corrected chi connectivity index (χ1v) is 11.4. The van der Waals surface area contributed by atoms with Gasteiger partial charge in [-0.1, -0.05) is 55.7 Å². The lowest BCUT2D eigenvalue weighted by atomic mass is 9.99. The average Bonchev–Trinajstić information content (AvgIpc) is 3.42. The van der Waals surface area contributed by atoms with Crippen molar-refractivity contribution in [3.63, 3.8) is 0 Å². The summed E-state index contributed by atoms with van der Waals surface area (Å²) in [6.45, 7) is 6.06. The molecule has 0 fully saturated rings. The van der Waals surface area contributed by atoms with Crippen molar-refractivity contribution in [3.8, 4) is 11.6 Å². The molecule has 172 valence electrons. The lowest BCUT2D eigenvalue weighted by Gasteiger charge is -2.18. The Bertz CT molecular complexity index is 1320. The third-order valence-electron chi connectivity index (χ3n) is 5.15. The van der Waals surface area contributed by atoms with E-state index in [2.05, 4.69) is 10.2 Å². The molecule has 1 N–H and O–H groups in total. The Balaban J connectivity index is 1.82. The minimum atomic E-state index is -0.777. The number of hydrogen-bond acceptors (Lipinski definition) is 7. The van der Waals surface area contributed by atoms with Gasteiger partial charge in [-0.25, -0.2) is 8.75 Å². The molecule has 2 aromatic carbocycles. The molecule has 4 aromatic rings. The van der Waals surface area contributed by atoms with Crippen LogP contribution in [-0.2, 0) is 4.74 Å². The Morgan fingerprint density at radius 1 is 1.18 bits per heavy atom. The minimum absolute atomic E-state index is 0.132. The van der Waals surface area contributed by atoms with Crippen LogP contribution in [0.3, 0.4) is 0 Å². The van der Waals surface area contributed by atoms with Crippen LogP contribution in [0, 0.1) is 0 Å². The van der Waals surface area contributed by atoms with Crippen molar-refractivity contribution in [1.82, 2.24) is 14.2 Å². The quantitative estimate of drug-likeness (QED) is 0.377. The van der Waals surface area contributed by atoms with Gasteiger partial charge in [-0.05, 0) is 30.5 Å². The fourth-order valence-electron chi connectivity index (χ4n) is 3.56. The molecule has 0 aliphatic heterocycles. The van der Waals surface area contributed by atoms with E-state index < -0.39 is 12.2 Å². The SMILES string of the molecule is CCOC(=O)c1cc(OC(c2ccccc2)n2sc3cc(OC)cc(C(C)C)c3c2=O)n[nH]1. The number of nitrogens with zero attached hydrogens (tertiary/aromatic N) is 2. The van der Waals surface area contributed by atoms with E-state index in [1.807, 2.05) is 56.3 Å². The van der Waals surface area contributed by atoms with Crippen molar-refractivity contribution in [1.29, 1.82) is 0 Å². The predicted molar refractivity (Wildman–Crippen MR) is 126 cm³/mol. The summed E-state index contributed by atoms with van der Waals surface area (Å²) in [4.78, 5) is 25.6. The summed E-state index contributed by atoms with van der Waals surface area (Å²) in [6.07, 6.45) is -0.777.